The number of morpholine rings is 1. The first-order chi connectivity index (χ1) is 16.4. The van der Waals surface area contributed by atoms with Crippen LogP contribution in [0.4, 0.5) is 15.9 Å². The van der Waals surface area contributed by atoms with Crippen LogP contribution in [0.15, 0.2) is 60.8 Å². The normalized spacial score (nSPS) is 13.3. The lowest BCUT2D eigenvalue weighted by Gasteiger charge is -2.29. The predicted molar refractivity (Wildman–Crippen MR) is 127 cm³/mol. The van der Waals surface area contributed by atoms with E-state index in [0.29, 0.717) is 37.7 Å². The molecule has 0 atom stereocenters. The third-order valence-corrected chi connectivity index (χ3v) is 5.39. The zero-order valence-corrected chi connectivity index (χ0v) is 18.6. The molecule has 174 valence electrons. The van der Waals surface area contributed by atoms with Gasteiger partial charge in [-0.05, 0) is 42.8 Å². The molecule has 0 spiro atoms. The molecule has 3 aromatic rings. The third kappa shape index (κ3) is 5.26. The van der Waals surface area contributed by atoms with Crippen molar-refractivity contribution in [3.05, 3.63) is 88.9 Å². The van der Waals surface area contributed by atoms with Crippen molar-refractivity contribution in [3.63, 3.8) is 0 Å². The molecule has 4 rings (SSSR count). The lowest BCUT2D eigenvalue weighted by Crippen LogP contribution is -2.40. The van der Waals surface area contributed by atoms with E-state index in [4.69, 9.17) is 10.1 Å². The minimum absolute atomic E-state index is 0.181. The summed E-state index contributed by atoms with van der Waals surface area (Å²) in [5, 5.41) is 13.6. The maximum atomic E-state index is 14.8. The third-order valence-electron chi connectivity index (χ3n) is 5.39. The summed E-state index contributed by atoms with van der Waals surface area (Å²) in [6, 6.07) is 14.0. The van der Waals surface area contributed by atoms with Gasteiger partial charge >= 0.3 is 0 Å². The standard InChI is InChI=1S/C25H24FN5O3/c1-16-6-9-22(28-15-16)30-25(33)19-4-2-3-5-21(19)29-24(32)18-8-7-17(14-20(18)26)23(27)31-10-12-34-13-11-31/h2-9,14-15,27H,10-13H2,1H3,(H,29,32)(H,28,30,33). The molecule has 2 aromatic carbocycles. The van der Waals surface area contributed by atoms with Crippen LogP contribution >= 0.6 is 0 Å². The van der Waals surface area contributed by atoms with Crippen molar-refractivity contribution in [3.8, 4) is 0 Å². The molecule has 1 fully saturated rings. The summed E-state index contributed by atoms with van der Waals surface area (Å²) >= 11 is 0. The molecule has 1 aromatic heterocycles. The highest BCUT2D eigenvalue weighted by Gasteiger charge is 2.20. The van der Waals surface area contributed by atoms with E-state index in [-0.39, 0.29) is 22.6 Å². The van der Waals surface area contributed by atoms with E-state index in [1.54, 1.807) is 41.4 Å². The Morgan fingerprint density at radius 2 is 1.74 bits per heavy atom. The number of benzene rings is 2. The van der Waals surface area contributed by atoms with Crippen LogP contribution in [0.3, 0.4) is 0 Å². The predicted octanol–water partition coefficient (Wildman–Crippen LogP) is 3.69. The maximum Gasteiger partial charge on any atom is 0.258 e. The Bertz CT molecular complexity index is 1220. The van der Waals surface area contributed by atoms with Crippen molar-refractivity contribution in [2.75, 3.05) is 36.9 Å². The number of carbonyl (C=O) groups excluding carboxylic acids is 2. The minimum atomic E-state index is -0.751. The largest absolute Gasteiger partial charge is 0.378 e. The van der Waals surface area contributed by atoms with Gasteiger partial charge in [0.05, 0.1) is 30.0 Å². The van der Waals surface area contributed by atoms with Gasteiger partial charge in [0.15, 0.2) is 0 Å². The number of para-hydroxylation sites is 1. The molecule has 3 N–H and O–H groups in total. The molecular weight excluding hydrogens is 437 g/mol. The summed E-state index contributed by atoms with van der Waals surface area (Å²) in [7, 11) is 0. The van der Waals surface area contributed by atoms with Gasteiger partial charge in [0.25, 0.3) is 11.8 Å². The quantitative estimate of drug-likeness (QED) is 0.397. The van der Waals surface area contributed by atoms with Crippen LogP contribution in [0.1, 0.15) is 31.8 Å². The molecule has 1 aliphatic rings. The highest BCUT2D eigenvalue weighted by atomic mass is 19.1. The van der Waals surface area contributed by atoms with Gasteiger partial charge in [0.2, 0.25) is 0 Å². The Hall–Kier alpha value is -4.11. The van der Waals surface area contributed by atoms with Gasteiger partial charge in [-0.2, -0.15) is 0 Å². The first-order valence-corrected chi connectivity index (χ1v) is 10.8. The number of amides is 2. The average molecular weight is 461 g/mol. The molecule has 0 bridgehead atoms. The summed E-state index contributed by atoms with van der Waals surface area (Å²) < 4.78 is 20.1. The average Bonchev–Trinajstić information content (AvgIpc) is 2.85. The fraction of sp³-hybridized carbons (Fsp3) is 0.200. The SMILES string of the molecule is Cc1ccc(NC(=O)c2ccccc2NC(=O)c2ccc(C(=N)N3CCOCC3)cc2F)nc1. The van der Waals surface area contributed by atoms with Crippen LogP contribution in [0.5, 0.6) is 0 Å². The van der Waals surface area contributed by atoms with Gasteiger partial charge in [-0.15, -0.1) is 0 Å². The Balaban J connectivity index is 1.49. The molecule has 8 nitrogen and oxygen atoms in total. The van der Waals surface area contributed by atoms with E-state index in [1.807, 2.05) is 13.0 Å². The van der Waals surface area contributed by atoms with Crippen LogP contribution < -0.4 is 10.6 Å². The molecule has 0 aliphatic carbocycles. The minimum Gasteiger partial charge on any atom is -0.378 e. The van der Waals surface area contributed by atoms with Crippen molar-refractivity contribution in [2.24, 2.45) is 0 Å². The smallest absolute Gasteiger partial charge is 0.258 e. The summed E-state index contributed by atoms with van der Waals surface area (Å²) in [6.45, 7) is 4.02. The summed E-state index contributed by atoms with van der Waals surface area (Å²) in [5.41, 5.74) is 1.60. The van der Waals surface area contributed by atoms with E-state index >= 15 is 0 Å². The lowest BCUT2D eigenvalue weighted by molar-refractivity contribution is 0.0680. The van der Waals surface area contributed by atoms with E-state index < -0.39 is 17.6 Å². The molecule has 34 heavy (non-hydrogen) atoms. The number of ether oxygens (including phenoxy) is 1. The fourth-order valence-electron chi connectivity index (χ4n) is 3.52. The van der Waals surface area contributed by atoms with Crippen LogP contribution in [0, 0.1) is 18.2 Å². The van der Waals surface area contributed by atoms with E-state index in [1.165, 1.54) is 18.2 Å². The molecule has 0 unspecified atom stereocenters. The number of anilines is 2. The number of nitrogens with zero attached hydrogens (tertiary/aromatic N) is 2. The second kappa shape index (κ2) is 10.2. The maximum absolute atomic E-state index is 14.8. The topological polar surface area (TPSA) is 107 Å². The number of nitrogens with one attached hydrogen (secondary N) is 3. The molecule has 0 radical (unpaired) electrons. The van der Waals surface area contributed by atoms with Gasteiger partial charge in [0.1, 0.15) is 17.5 Å². The summed E-state index contributed by atoms with van der Waals surface area (Å²) in [4.78, 5) is 31.5. The highest BCUT2D eigenvalue weighted by molar-refractivity contribution is 6.12. The van der Waals surface area contributed by atoms with Gasteiger partial charge in [-0.1, -0.05) is 24.3 Å². The van der Waals surface area contributed by atoms with E-state index in [2.05, 4.69) is 15.6 Å². The summed E-state index contributed by atoms with van der Waals surface area (Å²) in [6.07, 6.45) is 1.63. The van der Waals surface area contributed by atoms with Crippen LogP contribution in [-0.2, 0) is 4.74 Å². The number of halogens is 1. The molecule has 9 heteroatoms. The lowest BCUT2D eigenvalue weighted by atomic mass is 10.1. The Morgan fingerprint density at radius 1 is 1.00 bits per heavy atom. The molecule has 2 heterocycles. The van der Waals surface area contributed by atoms with E-state index in [0.717, 1.165) is 5.56 Å². The number of rotatable bonds is 5. The molecule has 1 saturated heterocycles. The van der Waals surface area contributed by atoms with Gasteiger partial charge in [-0.3, -0.25) is 15.0 Å². The molecule has 0 saturated carbocycles. The second-order valence-corrected chi connectivity index (χ2v) is 7.82. The van der Waals surface area contributed by atoms with Gasteiger partial charge in [-0.25, -0.2) is 9.37 Å². The molecular formula is C25H24FN5O3. The Labute approximate surface area is 196 Å². The first kappa shape index (κ1) is 23.1. The Kier molecular flexibility index (Phi) is 6.93. The van der Waals surface area contributed by atoms with Gasteiger partial charge < -0.3 is 20.3 Å². The number of hydrogen-bond donors (Lipinski definition) is 3. The number of carbonyl (C=O) groups is 2. The highest BCUT2D eigenvalue weighted by Crippen LogP contribution is 2.20. The number of hydrogen-bond acceptors (Lipinski definition) is 5. The molecule has 2 amide bonds. The van der Waals surface area contributed by atoms with Crippen LogP contribution in [0.25, 0.3) is 0 Å². The number of aryl methyl sites for hydroxylation is 1. The van der Waals surface area contributed by atoms with Crippen molar-refractivity contribution < 1.29 is 18.7 Å². The monoisotopic (exact) mass is 461 g/mol. The number of pyridine rings is 1. The zero-order valence-electron chi connectivity index (χ0n) is 18.6. The van der Waals surface area contributed by atoms with Crippen LogP contribution in [-0.4, -0.2) is 53.8 Å². The first-order valence-electron chi connectivity index (χ1n) is 10.8. The van der Waals surface area contributed by atoms with E-state index in [9.17, 15) is 14.0 Å². The number of amidine groups is 1. The zero-order chi connectivity index (χ0) is 24.1. The van der Waals surface area contributed by atoms with Gasteiger partial charge in [0, 0.05) is 24.8 Å². The fourth-order valence-corrected chi connectivity index (χ4v) is 3.52. The Morgan fingerprint density at radius 3 is 2.44 bits per heavy atom. The summed E-state index contributed by atoms with van der Waals surface area (Å²) in [5.74, 6) is -1.35. The van der Waals surface area contributed by atoms with Crippen molar-refractivity contribution in [1.29, 1.82) is 5.41 Å². The number of aromatic nitrogens is 1. The van der Waals surface area contributed by atoms with Crippen molar-refractivity contribution in [2.45, 2.75) is 6.92 Å². The van der Waals surface area contributed by atoms with Crippen molar-refractivity contribution in [1.82, 2.24) is 9.88 Å². The van der Waals surface area contributed by atoms with Crippen molar-refractivity contribution >= 4 is 29.2 Å². The molecule has 1 aliphatic heterocycles. The second-order valence-electron chi connectivity index (χ2n) is 7.82. The van der Waals surface area contributed by atoms with Crippen LogP contribution in [0.2, 0.25) is 0 Å².